The van der Waals surface area contributed by atoms with Gasteiger partial charge in [-0.1, -0.05) is 0 Å². The zero-order valence-electron chi connectivity index (χ0n) is 7.82. The van der Waals surface area contributed by atoms with Crippen molar-refractivity contribution in [2.24, 2.45) is 5.73 Å². The van der Waals surface area contributed by atoms with E-state index in [0.717, 1.165) is 7.11 Å². The second-order valence-corrected chi connectivity index (χ2v) is 3.82. The number of nitrogens with two attached hydrogens (primary N) is 1. The summed E-state index contributed by atoms with van der Waals surface area (Å²) >= 11 is 0. The summed E-state index contributed by atoms with van der Waals surface area (Å²) in [4.78, 5) is 0. The lowest BCUT2D eigenvalue weighted by Gasteiger charge is -2.11. The topological polar surface area (TPSA) is 90.7 Å². The summed E-state index contributed by atoms with van der Waals surface area (Å²) in [6.07, 6.45) is -0.462. The zero-order valence-corrected chi connectivity index (χ0v) is 8.63. The molecule has 0 aliphatic carbocycles. The highest BCUT2D eigenvalue weighted by molar-refractivity contribution is 7.81. The number of nitrogens with one attached hydrogen (secondary N) is 1. The van der Waals surface area contributed by atoms with Gasteiger partial charge in [-0.15, -0.1) is 0 Å². The van der Waals surface area contributed by atoms with Gasteiger partial charge in [-0.2, -0.15) is 8.42 Å². The summed E-state index contributed by atoms with van der Waals surface area (Å²) < 4.78 is 30.2. The molecule has 0 aromatic carbocycles. The Kier molecular flexibility index (Phi) is 6.17. The summed E-state index contributed by atoms with van der Waals surface area (Å²) in [5.74, 6) is 0. The largest absolute Gasteiger partial charge is 0.399 e. The van der Waals surface area contributed by atoms with Crippen LogP contribution in [0.3, 0.4) is 0 Å². The van der Waals surface area contributed by atoms with E-state index < -0.39 is 16.5 Å². The molecule has 0 rings (SSSR count). The van der Waals surface area contributed by atoms with Gasteiger partial charge in [0.15, 0.2) is 0 Å². The van der Waals surface area contributed by atoms with Crippen LogP contribution in [0.4, 0.5) is 0 Å². The quantitative estimate of drug-likeness (QED) is 0.517. The average molecular weight is 212 g/mol. The molecule has 1 atom stereocenters. The standard InChI is InChI=1S/C6H16N2O4S/c1-6(5-8-4-3-7)12-13(9,10)11-2/h6,8H,3-5,7H2,1-2H3. The molecule has 0 aliphatic rings. The Bertz CT molecular complexity index is 217. The van der Waals surface area contributed by atoms with Gasteiger partial charge in [0, 0.05) is 19.6 Å². The van der Waals surface area contributed by atoms with Crippen molar-refractivity contribution in [2.75, 3.05) is 26.7 Å². The van der Waals surface area contributed by atoms with Crippen LogP contribution >= 0.6 is 0 Å². The molecule has 0 fully saturated rings. The SMILES string of the molecule is COS(=O)(=O)OC(C)CNCCN. The molecule has 0 amide bonds. The number of rotatable bonds is 7. The highest BCUT2D eigenvalue weighted by Gasteiger charge is 2.14. The smallest absolute Gasteiger partial charge is 0.329 e. The maximum absolute atomic E-state index is 10.7. The Morgan fingerprint density at radius 2 is 2.15 bits per heavy atom. The van der Waals surface area contributed by atoms with Crippen molar-refractivity contribution in [3.05, 3.63) is 0 Å². The summed E-state index contributed by atoms with van der Waals surface area (Å²) in [6, 6.07) is 0. The third-order valence-corrected chi connectivity index (χ3v) is 2.21. The molecule has 0 saturated heterocycles. The van der Waals surface area contributed by atoms with Crippen LogP contribution in [0.15, 0.2) is 0 Å². The van der Waals surface area contributed by atoms with Gasteiger partial charge in [-0.3, -0.25) is 4.18 Å². The van der Waals surface area contributed by atoms with E-state index in [1.165, 1.54) is 0 Å². The van der Waals surface area contributed by atoms with E-state index >= 15 is 0 Å². The van der Waals surface area contributed by atoms with Gasteiger partial charge in [-0.25, -0.2) is 4.18 Å². The van der Waals surface area contributed by atoms with Gasteiger partial charge in [0.25, 0.3) is 0 Å². The fraction of sp³-hybridized carbons (Fsp3) is 1.00. The maximum Gasteiger partial charge on any atom is 0.399 e. The van der Waals surface area contributed by atoms with E-state index in [1.807, 2.05) is 0 Å². The van der Waals surface area contributed by atoms with Gasteiger partial charge < -0.3 is 11.1 Å². The van der Waals surface area contributed by atoms with Crippen LogP contribution in [-0.4, -0.2) is 41.3 Å². The zero-order chi connectivity index (χ0) is 10.3. The lowest BCUT2D eigenvalue weighted by Crippen LogP contribution is -2.32. The van der Waals surface area contributed by atoms with Crippen molar-refractivity contribution in [1.82, 2.24) is 5.32 Å². The Morgan fingerprint density at radius 3 is 2.62 bits per heavy atom. The second-order valence-electron chi connectivity index (χ2n) is 2.47. The molecule has 80 valence electrons. The summed E-state index contributed by atoms with van der Waals surface area (Å²) in [7, 11) is -2.78. The third-order valence-electron chi connectivity index (χ3n) is 1.24. The Hall–Kier alpha value is -0.210. The molecule has 0 bridgehead atoms. The van der Waals surface area contributed by atoms with E-state index in [0.29, 0.717) is 19.6 Å². The minimum absolute atomic E-state index is 0.416. The van der Waals surface area contributed by atoms with Crippen LogP contribution in [-0.2, 0) is 18.8 Å². The maximum atomic E-state index is 10.7. The van der Waals surface area contributed by atoms with Crippen LogP contribution in [0.25, 0.3) is 0 Å². The number of hydrogen-bond donors (Lipinski definition) is 2. The Morgan fingerprint density at radius 1 is 1.54 bits per heavy atom. The van der Waals surface area contributed by atoms with E-state index in [2.05, 4.69) is 13.7 Å². The first-order valence-corrected chi connectivity index (χ1v) is 5.24. The Balaban J connectivity index is 3.68. The van der Waals surface area contributed by atoms with Gasteiger partial charge >= 0.3 is 10.4 Å². The molecule has 0 aliphatic heterocycles. The van der Waals surface area contributed by atoms with Crippen molar-refractivity contribution in [1.29, 1.82) is 0 Å². The lowest BCUT2D eigenvalue weighted by atomic mass is 10.4. The molecule has 0 aromatic rings. The predicted octanol–water partition coefficient (Wildman–Crippen LogP) is -1.17. The fourth-order valence-electron chi connectivity index (χ4n) is 0.682. The molecule has 6 nitrogen and oxygen atoms in total. The highest BCUT2D eigenvalue weighted by Crippen LogP contribution is 1.98. The molecule has 7 heteroatoms. The Labute approximate surface area is 78.7 Å². The van der Waals surface area contributed by atoms with Crippen LogP contribution in [0, 0.1) is 0 Å². The minimum Gasteiger partial charge on any atom is -0.329 e. The minimum atomic E-state index is -3.83. The highest BCUT2D eigenvalue weighted by atomic mass is 32.3. The van der Waals surface area contributed by atoms with E-state index in [4.69, 9.17) is 5.73 Å². The molecule has 0 aromatic heterocycles. The van der Waals surface area contributed by atoms with Crippen molar-refractivity contribution in [2.45, 2.75) is 13.0 Å². The predicted molar refractivity (Wildman–Crippen MR) is 48.4 cm³/mol. The molecule has 0 heterocycles. The van der Waals surface area contributed by atoms with Crippen LogP contribution in [0.5, 0.6) is 0 Å². The molecule has 1 unspecified atom stereocenters. The van der Waals surface area contributed by atoms with Crippen molar-refractivity contribution < 1.29 is 16.8 Å². The molecule has 3 N–H and O–H groups in total. The average Bonchev–Trinajstić information content (AvgIpc) is 2.04. The van der Waals surface area contributed by atoms with Gasteiger partial charge in [0.05, 0.1) is 13.2 Å². The van der Waals surface area contributed by atoms with Crippen molar-refractivity contribution >= 4 is 10.4 Å². The molecule has 0 saturated carbocycles. The fourth-order valence-corrected chi connectivity index (χ4v) is 1.23. The van der Waals surface area contributed by atoms with Gasteiger partial charge in [-0.05, 0) is 6.92 Å². The van der Waals surface area contributed by atoms with Crippen LogP contribution in [0.2, 0.25) is 0 Å². The first kappa shape index (κ1) is 12.8. The third kappa shape index (κ3) is 6.91. The normalized spacial score (nSPS) is 14.4. The van der Waals surface area contributed by atoms with Gasteiger partial charge in [0.1, 0.15) is 0 Å². The molecule has 13 heavy (non-hydrogen) atoms. The molecule has 0 spiro atoms. The van der Waals surface area contributed by atoms with E-state index in [9.17, 15) is 8.42 Å². The lowest BCUT2D eigenvalue weighted by molar-refractivity contribution is 0.181. The first-order valence-electron chi connectivity index (χ1n) is 3.91. The molecule has 0 radical (unpaired) electrons. The monoisotopic (exact) mass is 212 g/mol. The van der Waals surface area contributed by atoms with E-state index in [-0.39, 0.29) is 0 Å². The van der Waals surface area contributed by atoms with Crippen LogP contribution in [0.1, 0.15) is 6.92 Å². The van der Waals surface area contributed by atoms with Crippen molar-refractivity contribution in [3.63, 3.8) is 0 Å². The van der Waals surface area contributed by atoms with Gasteiger partial charge in [0.2, 0.25) is 0 Å². The first-order chi connectivity index (χ1) is 6.02. The molecular formula is C6H16N2O4S. The summed E-state index contributed by atoms with van der Waals surface area (Å²) in [6.45, 7) is 3.17. The number of hydrogen-bond acceptors (Lipinski definition) is 6. The van der Waals surface area contributed by atoms with E-state index in [1.54, 1.807) is 6.92 Å². The van der Waals surface area contributed by atoms with Crippen molar-refractivity contribution in [3.8, 4) is 0 Å². The van der Waals surface area contributed by atoms with Crippen LogP contribution < -0.4 is 11.1 Å². The summed E-state index contributed by atoms with van der Waals surface area (Å²) in [5.41, 5.74) is 5.22. The molecular weight excluding hydrogens is 196 g/mol. The second kappa shape index (κ2) is 6.28. The summed E-state index contributed by atoms with van der Waals surface area (Å²) in [5, 5.41) is 2.91.